The highest BCUT2D eigenvalue weighted by atomic mass is 16.6. The lowest BCUT2D eigenvalue weighted by atomic mass is 10.1. The summed E-state index contributed by atoms with van der Waals surface area (Å²) in [5.74, 6) is 2.19. The van der Waals surface area contributed by atoms with Gasteiger partial charge >= 0.3 is 0 Å². The van der Waals surface area contributed by atoms with Gasteiger partial charge in [-0.2, -0.15) is 0 Å². The van der Waals surface area contributed by atoms with Gasteiger partial charge in [0.1, 0.15) is 13.2 Å². The normalized spacial score (nSPS) is 15.7. The Bertz CT molecular complexity index is 377. The van der Waals surface area contributed by atoms with E-state index < -0.39 is 0 Å². The Labute approximate surface area is 95.3 Å². The van der Waals surface area contributed by atoms with Gasteiger partial charge in [0, 0.05) is 6.04 Å². The standard InChI is InChI=1S/C12H17NO3/c1-8(13)7-9-3-4-10-12(11(9)14-2)16-6-5-15-10/h3-4,8H,5-7,13H2,1-2H3. The van der Waals surface area contributed by atoms with Crippen LogP contribution in [0.15, 0.2) is 12.1 Å². The molecule has 0 amide bonds. The molecule has 88 valence electrons. The minimum absolute atomic E-state index is 0.0939. The minimum Gasteiger partial charge on any atom is -0.492 e. The van der Waals surface area contributed by atoms with Crippen LogP contribution in [0, 0.1) is 0 Å². The molecule has 1 aromatic rings. The van der Waals surface area contributed by atoms with E-state index in [-0.39, 0.29) is 6.04 Å². The lowest BCUT2D eigenvalue weighted by Gasteiger charge is -2.22. The van der Waals surface area contributed by atoms with Gasteiger partial charge in [0.2, 0.25) is 5.75 Å². The van der Waals surface area contributed by atoms with Gasteiger partial charge in [-0.25, -0.2) is 0 Å². The molecule has 1 atom stereocenters. The Morgan fingerprint density at radius 1 is 1.38 bits per heavy atom. The summed E-state index contributed by atoms with van der Waals surface area (Å²) in [6, 6.07) is 3.99. The van der Waals surface area contributed by atoms with Gasteiger partial charge in [-0.3, -0.25) is 0 Å². The van der Waals surface area contributed by atoms with Gasteiger partial charge in [-0.15, -0.1) is 0 Å². The van der Waals surface area contributed by atoms with E-state index in [9.17, 15) is 0 Å². The molecule has 4 nitrogen and oxygen atoms in total. The highest BCUT2D eigenvalue weighted by Crippen LogP contribution is 2.41. The van der Waals surface area contributed by atoms with Crippen molar-refractivity contribution in [3.8, 4) is 17.2 Å². The molecule has 0 saturated heterocycles. The summed E-state index contributed by atoms with van der Waals surface area (Å²) < 4.78 is 16.5. The molecule has 1 heterocycles. The number of methoxy groups -OCH3 is 1. The van der Waals surface area contributed by atoms with Crippen molar-refractivity contribution in [2.45, 2.75) is 19.4 Å². The zero-order valence-corrected chi connectivity index (χ0v) is 9.66. The van der Waals surface area contributed by atoms with E-state index in [1.807, 2.05) is 19.1 Å². The Morgan fingerprint density at radius 2 is 2.12 bits per heavy atom. The van der Waals surface area contributed by atoms with Crippen molar-refractivity contribution >= 4 is 0 Å². The number of ether oxygens (including phenoxy) is 3. The quantitative estimate of drug-likeness (QED) is 0.840. The summed E-state index contributed by atoms with van der Waals surface area (Å²) in [5, 5.41) is 0. The van der Waals surface area contributed by atoms with Crippen LogP contribution in [0.2, 0.25) is 0 Å². The van der Waals surface area contributed by atoms with Crippen LogP contribution in [0.5, 0.6) is 17.2 Å². The van der Waals surface area contributed by atoms with Crippen molar-refractivity contribution < 1.29 is 14.2 Å². The second-order valence-electron chi connectivity index (χ2n) is 3.96. The number of hydrogen-bond donors (Lipinski definition) is 1. The van der Waals surface area contributed by atoms with Gasteiger partial charge in [0.05, 0.1) is 7.11 Å². The van der Waals surface area contributed by atoms with Crippen LogP contribution in [0.4, 0.5) is 0 Å². The van der Waals surface area contributed by atoms with Gasteiger partial charge < -0.3 is 19.9 Å². The molecule has 2 N–H and O–H groups in total. The van der Waals surface area contributed by atoms with E-state index in [1.165, 1.54) is 0 Å². The molecular weight excluding hydrogens is 206 g/mol. The first-order valence-corrected chi connectivity index (χ1v) is 5.43. The molecule has 2 rings (SSSR count). The molecule has 1 aliphatic rings. The molecule has 1 unspecified atom stereocenters. The maximum atomic E-state index is 5.80. The third-order valence-electron chi connectivity index (χ3n) is 2.49. The van der Waals surface area contributed by atoms with Gasteiger partial charge in [-0.1, -0.05) is 6.07 Å². The predicted octanol–water partition coefficient (Wildman–Crippen LogP) is 1.36. The van der Waals surface area contributed by atoms with Crippen molar-refractivity contribution in [2.24, 2.45) is 5.73 Å². The van der Waals surface area contributed by atoms with Gasteiger partial charge in [0.25, 0.3) is 0 Å². The molecule has 1 aliphatic heterocycles. The largest absolute Gasteiger partial charge is 0.492 e. The first-order valence-electron chi connectivity index (χ1n) is 5.43. The Hall–Kier alpha value is -1.42. The number of benzene rings is 1. The van der Waals surface area contributed by atoms with Crippen LogP contribution in [0.3, 0.4) is 0 Å². The number of nitrogens with two attached hydrogens (primary N) is 1. The fourth-order valence-electron chi connectivity index (χ4n) is 1.86. The molecule has 0 fully saturated rings. The highest BCUT2D eigenvalue weighted by molar-refractivity contribution is 5.56. The summed E-state index contributed by atoms with van der Waals surface area (Å²) in [6.07, 6.45) is 0.764. The third-order valence-corrected chi connectivity index (χ3v) is 2.49. The second kappa shape index (κ2) is 4.61. The molecule has 16 heavy (non-hydrogen) atoms. The third kappa shape index (κ3) is 2.07. The second-order valence-corrected chi connectivity index (χ2v) is 3.96. The van der Waals surface area contributed by atoms with Crippen LogP contribution < -0.4 is 19.9 Å². The predicted molar refractivity (Wildman–Crippen MR) is 61.3 cm³/mol. The molecule has 0 spiro atoms. The van der Waals surface area contributed by atoms with Crippen molar-refractivity contribution in [2.75, 3.05) is 20.3 Å². The number of hydrogen-bond acceptors (Lipinski definition) is 4. The molecule has 0 aromatic heterocycles. The van der Waals surface area contributed by atoms with Crippen LogP contribution in [-0.4, -0.2) is 26.4 Å². The molecule has 1 aromatic carbocycles. The topological polar surface area (TPSA) is 53.7 Å². The van der Waals surface area contributed by atoms with E-state index in [1.54, 1.807) is 7.11 Å². The maximum absolute atomic E-state index is 5.80. The van der Waals surface area contributed by atoms with Crippen LogP contribution >= 0.6 is 0 Å². The summed E-state index contributed by atoms with van der Waals surface area (Å²) >= 11 is 0. The van der Waals surface area contributed by atoms with Gasteiger partial charge in [0.15, 0.2) is 11.5 Å². The number of fused-ring (bicyclic) bond motifs is 1. The molecule has 0 bridgehead atoms. The fourth-order valence-corrected chi connectivity index (χ4v) is 1.86. The average Bonchev–Trinajstić information content (AvgIpc) is 2.28. The van der Waals surface area contributed by atoms with Gasteiger partial charge in [-0.05, 0) is 25.0 Å². The van der Waals surface area contributed by atoms with Crippen LogP contribution in [0.1, 0.15) is 12.5 Å². The minimum atomic E-state index is 0.0939. The van der Waals surface area contributed by atoms with E-state index in [0.717, 1.165) is 23.5 Å². The van der Waals surface area contributed by atoms with E-state index in [0.29, 0.717) is 19.0 Å². The smallest absolute Gasteiger partial charge is 0.203 e. The zero-order chi connectivity index (χ0) is 11.5. The molecular formula is C12H17NO3. The summed E-state index contributed by atoms with van der Waals surface area (Å²) in [7, 11) is 1.64. The molecule has 0 radical (unpaired) electrons. The maximum Gasteiger partial charge on any atom is 0.203 e. The Balaban J connectivity index is 2.39. The Kier molecular flexibility index (Phi) is 3.19. The van der Waals surface area contributed by atoms with Crippen molar-refractivity contribution in [3.05, 3.63) is 17.7 Å². The zero-order valence-electron chi connectivity index (χ0n) is 9.66. The van der Waals surface area contributed by atoms with Crippen molar-refractivity contribution in [1.29, 1.82) is 0 Å². The molecule has 0 aliphatic carbocycles. The summed E-state index contributed by atoms with van der Waals surface area (Å²) in [4.78, 5) is 0. The van der Waals surface area contributed by atoms with Crippen LogP contribution in [-0.2, 0) is 6.42 Å². The first kappa shape index (κ1) is 11.1. The van der Waals surface area contributed by atoms with E-state index >= 15 is 0 Å². The fraction of sp³-hybridized carbons (Fsp3) is 0.500. The SMILES string of the molecule is COc1c(CC(C)N)ccc2c1OCCO2. The Morgan fingerprint density at radius 3 is 2.81 bits per heavy atom. The van der Waals surface area contributed by atoms with Crippen molar-refractivity contribution in [3.63, 3.8) is 0 Å². The lowest BCUT2D eigenvalue weighted by Crippen LogP contribution is -2.20. The lowest BCUT2D eigenvalue weighted by molar-refractivity contribution is 0.164. The summed E-state index contributed by atoms with van der Waals surface area (Å²) in [6.45, 7) is 3.12. The highest BCUT2D eigenvalue weighted by Gasteiger charge is 2.20. The summed E-state index contributed by atoms with van der Waals surface area (Å²) in [5.41, 5.74) is 6.85. The van der Waals surface area contributed by atoms with Crippen molar-refractivity contribution in [1.82, 2.24) is 0 Å². The average molecular weight is 223 g/mol. The molecule has 0 saturated carbocycles. The number of rotatable bonds is 3. The monoisotopic (exact) mass is 223 g/mol. The van der Waals surface area contributed by atoms with Crippen LogP contribution in [0.25, 0.3) is 0 Å². The van der Waals surface area contributed by atoms with E-state index in [4.69, 9.17) is 19.9 Å². The van der Waals surface area contributed by atoms with E-state index in [2.05, 4.69) is 0 Å². The first-order chi connectivity index (χ1) is 7.72. The molecule has 4 heteroatoms.